The van der Waals surface area contributed by atoms with Crippen molar-refractivity contribution in [2.75, 3.05) is 0 Å². The van der Waals surface area contributed by atoms with Crippen molar-refractivity contribution in [2.24, 2.45) is 0 Å². The number of nitrogens with zero attached hydrogens (tertiary/aromatic N) is 2. The Balaban J connectivity index is 0.000000216. The van der Waals surface area contributed by atoms with Gasteiger partial charge in [0.2, 0.25) is 0 Å². The number of rotatable bonds is 3. The topological polar surface area (TPSA) is 25.8 Å². The van der Waals surface area contributed by atoms with Gasteiger partial charge in [0.05, 0.1) is 4.70 Å². The van der Waals surface area contributed by atoms with Crippen molar-refractivity contribution in [3.8, 4) is 22.5 Å². The number of benzene rings is 3. The summed E-state index contributed by atoms with van der Waals surface area (Å²) >= 11 is -0.904. The smallest absolute Gasteiger partial charge is 0 e. The molecular formula is C37H37FGeIrN2S-2. The largest absolute Gasteiger partial charge is 0 e. The normalized spacial score (nSPS) is 14.3. The molecule has 6 rings (SSSR count). The molecule has 3 heterocycles. The fourth-order valence-electron chi connectivity index (χ4n) is 4.74. The van der Waals surface area contributed by atoms with Crippen molar-refractivity contribution in [3.63, 3.8) is 0 Å². The molecule has 0 N–H and O–H groups in total. The molecule has 0 unspecified atom stereocenters. The minimum absolute atomic E-state index is 0. The zero-order chi connectivity index (χ0) is 35.2. The number of aromatic nitrogens is 2. The van der Waals surface area contributed by atoms with Crippen LogP contribution in [0.3, 0.4) is 0 Å². The predicted octanol–water partition coefficient (Wildman–Crippen LogP) is 10.1. The van der Waals surface area contributed by atoms with Crippen LogP contribution in [0.4, 0.5) is 4.39 Å². The zero-order valence-electron chi connectivity index (χ0n) is 31.0. The molecule has 6 aromatic rings. The summed E-state index contributed by atoms with van der Waals surface area (Å²) in [6, 6.07) is 25.7. The second kappa shape index (κ2) is 13.1. The molecule has 2 nitrogen and oxygen atoms in total. The summed E-state index contributed by atoms with van der Waals surface area (Å²) < 4.78 is 62.4. The van der Waals surface area contributed by atoms with Gasteiger partial charge in [-0.15, -0.1) is 23.8 Å². The van der Waals surface area contributed by atoms with Crippen molar-refractivity contribution in [1.82, 2.24) is 9.97 Å². The molecule has 0 aliphatic heterocycles. The molecule has 3 aromatic heterocycles. The van der Waals surface area contributed by atoms with Crippen molar-refractivity contribution >= 4 is 49.2 Å². The van der Waals surface area contributed by atoms with Crippen LogP contribution in [0, 0.1) is 31.7 Å². The first-order chi connectivity index (χ1) is 22.2. The predicted molar refractivity (Wildman–Crippen MR) is 181 cm³/mol. The van der Waals surface area contributed by atoms with Crippen LogP contribution in [-0.2, 0) is 25.5 Å². The Hall–Kier alpha value is -2.70. The molecule has 0 aliphatic carbocycles. The third-order valence-electron chi connectivity index (χ3n) is 7.09. The molecule has 3 aromatic carbocycles. The van der Waals surface area contributed by atoms with Crippen LogP contribution >= 0.6 is 11.3 Å². The van der Waals surface area contributed by atoms with Crippen molar-refractivity contribution in [1.29, 1.82) is 0 Å². The molecule has 0 saturated carbocycles. The molecule has 0 fully saturated rings. The van der Waals surface area contributed by atoms with Gasteiger partial charge in [-0.05, 0) is 38.9 Å². The van der Waals surface area contributed by atoms with Gasteiger partial charge in [0.25, 0.3) is 0 Å². The fourth-order valence-corrected chi connectivity index (χ4v) is 8.74. The van der Waals surface area contributed by atoms with E-state index in [1.807, 2.05) is 30.5 Å². The maximum Gasteiger partial charge on any atom is 0 e. The Kier molecular flexibility index (Phi) is 7.81. The minimum atomic E-state index is -2.38. The fraction of sp³-hybridized carbons (Fsp3) is 0.243. The maximum absolute atomic E-state index is 14.2. The van der Waals surface area contributed by atoms with Gasteiger partial charge in [0.1, 0.15) is 5.82 Å². The molecule has 0 bridgehead atoms. The van der Waals surface area contributed by atoms with Crippen molar-refractivity contribution < 1.29 is 32.7 Å². The van der Waals surface area contributed by atoms with Gasteiger partial charge < -0.3 is 4.98 Å². The standard InChI is InChI=1S/C21H17FNS.C16H20GeN.Ir/c1-21(2,3)13-10-11-23-18(12-13)16-8-4-6-14-15-7-5-9-17(22)20(15)24-19(14)16;1-12-6-8-14(9-7-12)16-10-13(2)15(11-18-16)17(3,4)5;/h4-7,9-12H,1-3H3;6-8,10-11H,1-5H3;/q2*-1;/i;1D3,2D3;. The number of thiophene rings is 1. The molecule has 0 amide bonds. The molecule has 0 aliphatic rings. The average molecular weight is 832 g/mol. The summed E-state index contributed by atoms with van der Waals surface area (Å²) in [7, 11) is 0. The Morgan fingerprint density at radius 3 is 2.35 bits per heavy atom. The first-order valence-corrected chi connectivity index (χ1v) is 21.9. The molecule has 43 heavy (non-hydrogen) atoms. The van der Waals surface area contributed by atoms with Crippen molar-refractivity contribution in [2.45, 2.75) is 57.2 Å². The summed E-state index contributed by atoms with van der Waals surface area (Å²) in [4.78, 5) is 8.95. The molecule has 223 valence electrons. The summed E-state index contributed by atoms with van der Waals surface area (Å²) in [5, 5.41) is 2.02. The number of hydrogen-bond donors (Lipinski definition) is 0. The molecule has 0 saturated heterocycles. The van der Waals surface area contributed by atoms with E-state index in [-0.39, 0.29) is 36.9 Å². The van der Waals surface area contributed by atoms with E-state index in [2.05, 4.69) is 66.2 Å². The summed E-state index contributed by atoms with van der Waals surface area (Å²) in [6.07, 6.45) is 3.51. The second-order valence-corrected chi connectivity index (χ2v) is 23.9. The Labute approximate surface area is 284 Å². The van der Waals surface area contributed by atoms with Gasteiger partial charge in [-0.1, -0.05) is 44.4 Å². The van der Waals surface area contributed by atoms with Crippen LogP contribution in [0.2, 0.25) is 17.3 Å². The molecule has 1 radical (unpaired) electrons. The van der Waals surface area contributed by atoms with Crippen LogP contribution in [0.15, 0.2) is 79.1 Å². The third kappa shape index (κ3) is 7.34. The number of fused-ring (bicyclic) bond motifs is 3. The summed E-state index contributed by atoms with van der Waals surface area (Å²) in [5.74, 6) is 6.21. The van der Waals surface area contributed by atoms with E-state index in [9.17, 15) is 4.39 Å². The summed E-state index contributed by atoms with van der Waals surface area (Å²) in [6.45, 7) is 2.17. The number of halogens is 1. The molecule has 0 atom stereocenters. The zero-order valence-corrected chi connectivity index (χ0v) is 30.3. The Bertz CT molecular complexity index is 2100. The van der Waals surface area contributed by atoms with Crippen LogP contribution in [0.25, 0.3) is 42.7 Å². The SMILES string of the molecule is CC(C)(C)c1ccnc(-c2[c-]ccc3c2sc2c(F)cccc23)c1.[2H]C([2H])([2H])c1c[c-]c(-c2cc(C([2H])([2H])[2H])[c]([Ge]([CH3])([CH3])[CH3])cn2)cc1.[Ir]. The van der Waals surface area contributed by atoms with E-state index in [1.54, 1.807) is 24.4 Å². The van der Waals surface area contributed by atoms with Gasteiger partial charge in [-0.2, -0.15) is 11.3 Å². The quantitative estimate of drug-likeness (QED) is 0.131. The summed E-state index contributed by atoms with van der Waals surface area (Å²) in [5.41, 5.74) is 4.73. The second-order valence-electron chi connectivity index (χ2n) is 12.3. The van der Waals surface area contributed by atoms with Crippen LogP contribution < -0.4 is 4.40 Å². The molecule has 6 heteroatoms. The van der Waals surface area contributed by atoms with Gasteiger partial charge >= 0.3 is 121 Å². The van der Waals surface area contributed by atoms with Crippen LogP contribution in [-0.4, -0.2) is 23.2 Å². The Morgan fingerprint density at radius 1 is 0.884 bits per heavy atom. The van der Waals surface area contributed by atoms with Crippen LogP contribution in [0.1, 0.15) is 45.7 Å². The van der Waals surface area contributed by atoms with E-state index >= 15 is 0 Å². The van der Waals surface area contributed by atoms with E-state index in [1.165, 1.54) is 35.1 Å². The minimum Gasteiger partial charge on any atom is 0 e. The monoisotopic (exact) mass is 833 g/mol. The van der Waals surface area contributed by atoms with Crippen LogP contribution in [0.5, 0.6) is 0 Å². The van der Waals surface area contributed by atoms with E-state index in [0.717, 1.165) is 31.1 Å². The maximum atomic E-state index is 14.2. The number of pyridine rings is 2. The van der Waals surface area contributed by atoms with E-state index in [4.69, 9.17) is 8.22 Å². The average Bonchev–Trinajstić information content (AvgIpc) is 3.40. The van der Waals surface area contributed by atoms with E-state index < -0.39 is 27.0 Å². The number of hydrogen-bond acceptors (Lipinski definition) is 3. The van der Waals surface area contributed by atoms with Gasteiger partial charge in [0.15, 0.2) is 0 Å². The van der Waals surface area contributed by atoms with Gasteiger partial charge in [-0.25, -0.2) is 4.39 Å². The first kappa shape index (κ1) is 25.6. The van der Waals surface area contributed by atoms with Gasteiger partial charge in [0, 0.05) is 26.3 Å². The van der Waals surface area contributed by atoms with E-state index in [0.29, 0.717) is 21.5 Å². The number of aryl methyl sites for hydroxylation is 2. The first-order valence-electron chi connectivity index (χ1n) is 16.8. The van der Waals surface area contributed by atoms with Crippen molar-refractivity contribution in [3.05, 3.63) is 114 Å². The third-order valence-corrected chi connectivity index (χ3v) is 12.6. The van der Waals surface area contributed by atoms with Gasteiger partial charge in [-0.3, -0.25) is 0 Å². The molecular weight excluding hydrogens is 788 g/mol. The molecule has 0 spiro atoms. The Morgan fingerprint density at radius 2 is 1.67 bits per heavy atom.